The summed E-state index contributed by atoms with van der Waals surface area (Å²) in [5.74, 6) is 0.561. The highest BCUT2D eigenvalue weighted by Gasteiger charge is 2.13. The fourth-order valence-electron chi connectivity index (χ4n) is 3.57. The summed E-state index contributed by atoms with van der Waals surface area (Å²) in [5.41, 5.74) is 6.78. The van der Waals surface area contributed by atoms with Crippen LogP contribution in [0.25, 0.3) is 16.7 Å². The van der Waals surface area contributed by atoms with Crippen LogP contribution in [0.5, 0.6) is 0 Å². The number of rotatable bonds is 4. The first kappa shape index (κ1) is 15.7. The van der Waals surface area contributed by atoms with Crippen LogP contribution in [0.2, 0.25) is 0 Å². The third kappa shape index (κ3) is 3.80. The van der Waals surface area contributed by atoms with Crippen molar-refractivity contribution in [2.24, 2.45) is 5.92 Å². The van der Waals surface area contributed by atoms with Gasteiger partial charge in [-0.15, -0.1) is 0 Å². The van der Waals surface area contributed by atoms with Gasteiger partial charge in [0.1, 0.15) is 0 Å². The molecule has 1 aliphatic carbocycles. The molecule has 1 atom stereocenters. The van der Waals surface area contributed by atoms with Crippen LogP contribution in [0.15, 0.2) is 103 Å². The molecule has 3 aromatic rings. The number of allylic oxidation sites excluding steroid dienone is 4. The highest BCUT2D eigenvalue weighted by Crippen LogP contribution is 2.30. The van der Waals surface area contributed by atoms with Crippen molar-refractivity contribution in [1.29, 1.82) is 0 Å². The zero-order chi connectivity index (χ0) is 16.9. The van der Waals surface area contributed by atoms with Crippen LogP contribution < -0.4 is 0 Å². The molecule has 1 aliphatic rings. The average Bonchev–Trinajstić information content (AvgIpc) is 2.70. The quantitative estimate of drug-likeness (QED) is 0.510. The van der Waals surface area contributed by atoms with Gasteiger partial charge in [0, 0.05) is 0 Å². The molecule has 0 bridgehead atoms. The Hall–Kier alpha value is -2.86. The first-order valence-electron chi connectivity index (χ1n) is 8.96. The SMILES string of the molecule is C1=CC(Cc2cccc(-c3ccccc3)c2)CC(c2ccccc2)=C1. The second-order valence-electron chi connectivity index (χ2n) is 6.68. The summed E-state index contributed by atoms with van der Waals surface area (Å²) >= 11 is 0. The third-order valence-corrected chi connectivity index (χ3v) is 4.84. The zero-order valence-electron chi connectivity index (χ0n) is 14.3. The van der Waals surface area contributed by atoms with Gasteiger partial charge >= 0.3 is 0 Å². The van der Waals surface area contributed by atoms with Crippen molar-refractivity contribution in [2.75, 3.05) is 0 Å². The molecule has 0 aliphatic heterocycles. The molecule has 0 heterocycles. The second kappa shape index (κ2) is 7.36. The summed E-state index contributed by atoms with van der Waals surface area (Å²) < 4.78 is 0. The topological polar surface area (TPSA) is 0 Å². The van der Waals surface area contributed by atoms with Gasteiger partial charge in [0.2, 0.25) is 0 Å². The van der Waals surface area contributed by atoms with Gasteiger partial charge in [0.25, 0.3) is 0 Å². The van der Waals surface area contributed by atoms with Crippen molar-refractivity contribution in [2.45, 2.75) is 12.8 Å². The highest BCUT2D eigenvalue weighted by molar-refractivity contribution is 5.68. The predicted octanol–water partition coefficient (Wildman–Crippen LogP) is 6.56. The Labute approximate surface area is 150 Å². The molecule has 0 saturated heterocycles. The van der Waals surface area contributed by atoms with E-state index in [0.717, 1.165) is 12.8 Å². The summed E-state index contributed by atoms with van der Waals surface area (Å²) in [6.07, 6.45) is 9.02. The van der Waals surface area contributed by atoms with E-state index in [4.69, 9.17) is 0 Å². The van der Waals surface area contributed by atoms with Gasteiger partial charge in [-0.2, -0.15) is 0 Å². The van der Waals surface area contributed by atoms with Crippen molar-refractivity contribution < 1.29 is 0 Å². The van der Waals surface area contributed by atoms with E-state index >= 15 is 0 Å². The van der Waals surface area contributed by atoms with Crippen LogP contribution in [0.3, 0.4) is 0 Å². The lowest BCUT2D eigenvalue weighted by molar-refractivity contribution is 0.663. The number of benzene rings is 3. The molecule has 4 rings (SSSR count). The van der Waals surface area contributed by atoms with E-state index < -0.39 is 0 Å². The van der Waals surface area contributed by atoms with Gasteiger partial charge in [0.05, 0.1) is 0 Å². The summed E-state index contributed by atoms with van der Waals surface area (Å²) in [6, 6.07) is 30.3. The maximum absolute atomic E-state index is 2.35. The molecule has 0 fully saturated rings. The first-order chi connectivity index (χ1) is 12.4. The number of hydrogen-bond acceptors (Lipinski definition) is 0. The standard InChI is InChI=1S/C25H22/c1-3-11-22(12-4-1)24-15-7-9-20(18-24)17-21-10-8-16-25(19-21)23-13-5-2-6-14-23/h1-16,18,21H,17,19H2. The first-order valence-corrected chi connectivity index (χ1v) is 8.96. The molecule has 1 unspecified atom stereocenters. The Bertz CT molecular complexity index is 886. The van der Waals surface area contributed by atoms with E-state index in [2.05, 4.69) is 103 Å². The second-order valence-corrected chi connectivity index (χ2v) is 6.68. The van der Waals surface area contributed by atoms with Crippen LogP contribution >= 0.6 is 0 Å². The van der Waals surface area contributed by atoms with Crippen molar-refractivity contribution in [1.82, 2.24) is 0 Å². The van der Waals surface area contributed by atoms with Crippen molar-refractivity contribution in [3.63, 3.8) is 0 Å². The lowest BCUT2D eigenvalue weighted by Crippen LogP contribution is -2.05. The Morgan fingerprint density at radius 1 is 0.680 bits per heavy atom. The molecular formula is C25H22. The fraction of sp³-hybridized carbons (Fsp3) is 0.120. The van der Waals surface area contributed by atoms with Crippen LogP contribution in [-0.4, -0.2) is 0 Å². The summed E-state index contributed by atoms with van der Waals surface area (Å²) in [7, 11) is 0. The van der Waals surface area contributed by atoms with Crippen LogP contribution in [-0.2, 0) is 6.42 Å². The van der Waals surface area contributed by atoms with Crippen LogP contribution in [0.1, 0.15) is 17.5 Å². The Morgan fingerprint density at radius 3 is 2.12 bits per heavy atom. The van der Waals surface area contributed by atoms with Crippen molar-refractivity contribution in [3.8, 4) is 11.1 Å². The molecule has 0 nitrogen and oxygen atoms in total. The lowest BCUT2D eigenvalue weighted by atomic mass is 9.86. The Kier molecular flexibility index (Phi) is 4.61. The molecule has 0 radical (unpaired) electrons. The van der Waals surface area contributed by atoms with Gasteiger partial charge in [-0.1, -0.05) is 103 Å². The maximum Gasteiger partial charge on any atom is -0.0149 e. The van der Waals surface area contributed by atoms with E-state index in [0.29, 0.717) is 5.92 Å². The maximum atomic E-state index is 2.35. The van der Waals surface area contributed by atoms with Crippen LogP contribution in [0.4, 0.5) is 0 Å². The molecule has 0 N–H and O–H groups in total. The largest absolute Gasteiger partial charge is 0.0807 e. The summed E-state index contributed by atoms with van der Waals surface area (Å²) in [4.78, 5) is 0. The highest BCUT2D eigenvalue weighted by atomic mass is 14.2. The van der Waals surface area contributed by atoms with Gasteiger partial charge in [-0.05, 0) is 46.6 Å². The lowest BCUT2D eigenvalue weighted by Gasteiger charge is -2.19. The van der Waals surface area contributed by atoms with Gasteiger partial charge in [0.15, 0.2) is 0 Å². The minimum Gasteiger partial charge on any atom is -0.0807 e. The van der Waals surface area contributed by atoms with E-state index in [9.17, 15) is 0 Å². The Morgan fingerprint density at radius 2 is 1.36 bits per heavy atom. The minimum absolute atomic E-state index is 0.561. The molecule has 0 amide bonds. The van der Waals surface area contributed by atoms with Crippen LogP contribution in [0, 0.1) is 5.92 Å². The molecular weight excluding hydrogens is 300 g/mol. The van der Waals surface area contributed by atoms with E-state index in [-0.39, 0.29) is 0 Å². The van der Waals surface area contributed by atoms with Gasteiger partial charge in [-0.25, -0.2) is 0 Å². The zero-order valence-corrected chi connectivity index (χ0v) is 14.3. The average molecular weight is 322 g/mol. The van der Waals surface area contributed by atoms with Gasteiger partial charge in [-0.3, -0.25) is 0 Å². The molecule has 122 valence electrons. The molecule has 0 heteroatoms. The molecule has 25 heavy (non-hydrogen) atoms. The van der Waals surface area contributed by atoms with E-state index in [1.807, 2.05) is 0 Å². The number of hydrogen-bond donors (Lipinski definition) is 0. The Balaban J connectivity index is 1.50. The monoisotopic (exact) mass is 322 g/mol. The van der Waals surface area contributed by atoms with Crippen molar-refractivity contribution >= 4 is 5.57 Å². The summed E-state index contributed by atoms with van der Waals surface area (Å²) in [6.45, 7) is 0. The predicted molar refractivity (Wildman–Crippen MR) is 107 cm³/mol. The van der Waals surface area contributed by atoms with E-state index in [1.54, 1.807) is 0 Å². The third-order valence-electron chi connectivity index (χ3n) is 4.84. The fourth-order valence-corrected chi connectivity index (χ4v) is 3.57. The summed E-state index contributed by atoms with van der Waals surface area (Å²) in [5, 5.41) is 0. The minimum atomic E-state index is 0.561. The molecule has 3 aromatic carbocycles. The molecule has 0 aromatic heterocycles. The van der Waals surface area contributed by atoms with Gasteiger partial charge < -0.3 is 0 Å². The van der Waals surface area contributed by atoms with Crippen molar-refractivity contribution in [3.05, 3.63) is 114 Å². The molecule has 0 saturated carbocycles. The smallest absolute Gasteiger partial charge is 0.0149 e. The molecule has 0 spiro atoms. The normalized spacial score (nSPS) is 16.5. The van der Waals surface area contributed by atoms with E-state index in [1.165, 1.54) is 27.8 Å².